The van der Waals surface area contributed by atoms with E-state index in [1.54, 1.807) is 12.4 Å². The van der Waals surface area contributed by atoms with Crippen molar-refractivity contribution in [2.75, 3.05) is 43.5 Å². The van der Waals surface area contributed by atoms with Gasteiger partial charge >= 0.3 is 0 Å². The second kappa shape index (κ2) is 7.52. The van der Waals surface area contributed by atoms with E-state index in [1.165, 1.54) is 5.56 Å². The fourth-order valence-electron chi connectivity index (χ4n) is 4.95. The van der Waals surface area contributed by atoms with Gasteiger partial charge in [-0.3, -0.25) is 9.78 Å². The van der Waals surface area contributed by atoms with Gasteiger partial charge in [0.05, 0.1) is 18.9 Å². The van der Waals surface area contributed by atoms with Crippen LogP contribution in [0.4, 0.5) is 17.3 Å². The van der Waals surface area contributed by atoms with Crippen LogP contribution in [0.15, 0.2) is 42.7 Å². The SMILES string of the molecule is Cc1cc(N)cc(-c2cnc(N3CC4(CC4)c4ccc(C(=O)N5CCOCC5)cc43)nc2)n1. The fourth-order valence-corrected chi connectivity index (χ4v) is 4.95. The van der Waals surface area contributed by atoms with E-state index in [0.29, 0.717) is 43.5 Å². The third-order valence-corrected chi connectivity index (χ3v) is 6.87. The first-order valence-electron chi connectivity index (χ1n) is 11.4. The van der Waals surface area contributed by atoms with Crippen molar-refractivity contribution in [2.45, 2.75) is 25.2 Å². The van der Waals surface area contributed by atoms with Gasteiger partial charge in [-0.1, -0.05) is 6.07 Å². The minimum atomic E-state index is 0.0529. The minimum Gasteiger partial charge on any atom is -0.399 e. The van der Waals surface area contributed by atoms with E-state index < -0.39 is 0 Å². The Balaban J connectivity index is 1.32. The molecule has 0 unspecified atom stereocenters. The monoisotopic (exact) mass is 442 g/mol. The van der Waals surface area contributed by atoms with Gasteiger partial charge in [-0.15, -0.1) is 0 Å². The second-order valence-corrected chi connectivity index (χ2v) is 9.20. The molecule has 4 heterocycles. The zero-order valence-corrected chi connectivity index (χ0v) is 18.6. The number of amides is 1. The maximum atomic E-state index is 13.1. The van der Waals surface area contributed by atoms with Gasteiger partial charge in [0.2, 0.25) is 5.95 Å². The van der Waals surface area contributed by atoms with Gasteiger partial charge in [0.15, 0.2) is 0 Å². The summed E-state index contributed by atoms with van der Waals surface area (Å²) in [6, 6.07) is 9.78. The Kier molecular flexibility index (Phi) is 4.58. The molecule has 0 radical (unpaired) electrons. The normalized spacial score (nSPS) is 18.5. The molecule has 6 rings (SSSR count). The summed E-state index contributed by atoms with van der Waals surface area (Å²) in [5.41, 5.74) is 12.3. The van der Waals surface area contributed by atoms with Gasteiger partial charge in [-0.05, 0) is 49.6 Å². The van der Waals surface area contributed by atoms with Crippen molar-refractivity contribution in [1.82, 2.24) is 19.9 Å². The number of hydrogen-bond acceptors (Lipinski definition) is 7. The number of fused-ring (bicyclic) bond motifs is 2. The number of benzene rings is 1. The molecule has 3 aromatic rings. The third kappa shape index (κ3) is 3.51. The molecule has 2 aromatic heterocycles. The lowest BCUT2D eigenvalue weighted by atomic mass is 9.97. The molecule has 2 aliphatic heterocycles. The van der Waals surface area contributed by atoms with E-state index in [-0.39, 0.29) is 11.3 Å². The Morgan fingerprint density at radius 2 is 1.85 bits per heavy atom. The molecule has 8 nitrogen and oxygen atoms in total. The summed E-state index contributed by atoms with van der Waals surface area (Å²) in [5, 5.41) is 0. The summed E-state index contributed by atoms with van der Waals surface area (Å²) < 4.78 is 5.39. The fraction of sp³-hybridized carbons (Fsp3) is 0.360. The molecule has 1 spiro atoms. The van der Waals surface area contributed by atoms with E-state index in [1.807, 2.05) is 36.1 Å². The lowest BCUT2D eigenvalue weighted by Gasteiger charge is -2.27. The van der Waals surface area contributed by atoms with Crippen molar-refractivity contribution in [2.24, 2.45) is 0 Å². The van der Waals surface area contributed by atoms with Crippen LogP contribution in [0.1, 0.15) is 34.5 Å². The van der Waals surface area contributed by atoms with Crippen molar-refractivity contribution in [3.8, 4) is 11.3 Å². The number of pyridine rings is 1. The number of aryl methyl sites for hydroxylation is 1. The Morgan fingerprint density at radius 3 is 2.55 bits per heavy atom. The Labute approximate surface area is 192 Å². The smallest absolute Gasteiger partial charge is 0.254 e. The standard InChI is InChI=1S/C25H26N6O2/c1-16-10-19(26)12-21(29-16)18-13-27-24(28-14-18)31-15-25(4-5-25)20-3-2-17(11-22(20)31)23(32)30-6-8-33-9-7-30/h2-3,10-14H,4-9,15H2,1H3,(H2,26,29). The first-order valence-corrected chi connectivity index (χ1v) is 11.4. The number of hydrogen-bond donors (Lipinski definition) is 1. The number of nitrogens with zero attached hydrogens (tertiary/aromatic N) is 5. The van der Waals surface area contributed by atoms with Crippen LogP contribution in [-0.2, 0) is 10.2 Å². The van der Waals surface area contributed by atoms with E-state index >= 15 is 0 Å². The molecule has 168 valence electrons. The van der Waals surface area contributed by atoms with Crippen LogP contribution >= 0.6 is 0 Å². The first kappa shape index (κ1) is 20.1. The number of rotatable bonds is 3. The maximum Gasteiger partial charge on any atom is 0.254 e. The number of morpholine rings is 1. The van der Waals surface area contributed by atoms with Crippen molar-refractivity contribution in [1.29, 1.82) is 0 Å². The number of ether oxygens (including phenoxy) is 1. The number of carbonyl (C=O) groups excluding carboxylic acids is 1. The predicted molar refractivity (Wildman–Crippen MR) is 125 cm³/mol. The van der Waals surface area contributed by atoms with Gasteiger partial charge in [-0.2, -0.15) is 0 Å². The zero-order chi connectivity index (χ0) is 22.6. The Bertz CT molecular complexity index is 1210. The van der Waals surface area contributed by atoms with Gasteiger partial charge in [-0.25, -0.2) is 9.97 Å². The van der Waals surface area contributed by atoms with Crippen molar-refractivity contribution in [3.05, 3.63) is 59.5 Å². The number of aromatic nitrogens is 3. The first-order chi connectivity index (χ1) is 16.0. The molecule has 1 amide bonds. The molecule has 3 aliphatic rings. The maximum absolute atomic E-state index is 13.1. The zero-order valence-electron chi connectivity index (χ0n) is 18.6. The molecule has 2 N–H and O–H groups in total. The topological polar surface area (TPSA) is 97.5 Å². The highest BCUT2D eigenvalue weighted by Gasteiger charge is 2.52. The van der Waals surface area contributed by atoms with E-state index in [9.17, 15) is 4.79 Å². The molecular weight excluding hydrogens is 416 g/mol. The van der Waals surface area contributed by atoms with E-state index in [4.69, 9.17) is 10.5 Å². The average molecular weight is 443 g/mol. The minimum absolute atomic E-state index is 0.0529. The summed E-state index contributed by atoms with van der Waals surface area (Å²) in [6.45, 7) is 5.20. The van der Waals surface area contributed by atoms with Gasteiger partial charge in [0.25, 0.3) is 5.91 Å². The van der Waals surface area contributed by atoms with Crippen molar-refractivity contribution < 1.29 is 9.53 Å². The molecule has 0 bridgehead atoms. The summed E-state index contributed by atoms with van der Waals surface area (Å²) in [5.74, 6) is 0.692. The molecule has 1 aliphatic carbocycles. The van der Waals surface area contributed by atoms with Gasteiger partial charge in [0, 0.05) is 65.6 Å². The van der Waals surface area contributed by atoms with E-state index in [0.717, 1.165) is 42.0 Å². The molecule has 0 atom stereocenters. The lowest BCUT2D eigenvalue weighted by Crippen LogP contribution is -2.40. The number of anilines is 3. The average Bonchev–Trinajstić information content (AvgIpc) is 3.55. The van der Waals surface area contributed by atoms with Crippen LogP contribution in [-0.4, -0.2) is 58.6 Å². The molecule has 1 saturated carbocycles. The van der Waals surface area contributed by atoms with Crippen LogP contribution < -0.4 is 10.6 Å². The van der Waals surface area contributed by atoms with Crippen molar-refractivity contribution >= 4 is 23.2 Å². The third-order valence-electron chi connectivity index (χ3n) is 6.87. The molecule has 1 aromatic carbocycles. The number of nitrogen functional groups attached to an aromatic ring is 1. The van der Waals surface area contributed by atoms with Crippen molar-refractivity contribution in [3.63, 3.8) is 0 Å². The molecule has 8 heteroatoms. The largest absolute Gasteiger partial charge is 0.399 e. The van der Waals surface area contributed by atoms with Crippen LogP contribution in [0.2, 0.25) is 0 Å². The molecule has 2 fully saturated rings. The molecular formula is C25H26N6O2. The highest BCUT2D eigenvalue weighted by atomic mass is 16.5. The van der Waals surface area contributed by atoms with Crippen LogP contribution in [0, 0.1) is 6.92 Å². The van der Waals surface area contributed by atoms with Gasteiger partial charge < -0.3 is 20.3 Å². The van der Waals surface area contributed by atoms with Crippen LogP contribution in [0.25, 0.3) is 11.3 Å². The predicted octanol–water partition coefficient (Wildman–Crippen LogP) is 3.08. The second-order valence-electron chi connectivity index (χ2n) is 9.20. The summed E-state index contributed by atoms with van der Waals surface area (Å²) in [6.07, 6.45) is 5.89. The number of carbonyl (C=O) groups is 1. The van der Waals surface area contributed by atoms with Crippen LogP contribution in [0.3, 0.4) is 0 Å². The van der Waals surface area contributed by atoms with Crippen LogP contribution in [0.5, 0.6) is 0 Å². The highest BCUT2D eigenvalue weighted by Crippen LogP contribution is 2.57. The quantitative estimate of drug-likeness (QED) is 0.666. The van der Waals surface area contributed by atoms with E-state index in [2.05, 4.69) is 25.9 Å². The Morgan fingerprint density at radius 1 is 1.09 bits per heavy atom. The summed E-state index contributed by atoms with van der Waals surface area (Å²) >= 11 is 0. The molecule has 33 heavy (non-hydrogen) atoms. The number of nitrogens with two attached hydrogens (primary N) is 1. The Hall–Kier alpha value is -3.52. The summed E-state index contributed by atoms with van der Waals surface area (Å²) in [7, 11) is 0. The van der Waals surface area contributed by atoms with Gasteiger partial charge in [0.1, 0.15) is 0 Å². The lowest BCUT2D eigenvalue weighted by molar-refractivity contribution is 0.0303. The molecule has 1 saturated heterocycles. The highest BCUT2D eigenvalue weighted by molar-refractivity contribution is 5.96. The summed E-state index contributed by atoms with van der Waals surface area (Å²) in [4.78, 5) is 31.0.